The standard InChI is InChI=1S/C15H21N3/c1-15(2,3)12-7-5-11(6-8-12)9-13-10-14(16)18(4)17-13/h5-8,10H,9,16H2,1-4H3. The van der Waals surface area contributed by atoms with E-state index in [9.17, 15) is 0 Å². The van der Waals surface area contributed by atoms with E-state index in [4.69, 9.17) is 5.73 Å². The predicted octanol–water partition coefficient (Wildman–Crippen LogP) is 2.89. The average molecular weight is 243 g/mol. The minimum atomic E-state index is 0.202. The molecule has 0 unspecified atom stereocenters. The Bertz CT molecular complexity index is 510. The van der Waals surface area contributed by atoms with Crippen molar-refractivity contribution in [3.63, 3.8) is 0 Å². The van der Waals surface area contributed by atoms with Crippen LogP contribution in [0.2, 0.25) is 0 Å². The molecule has 0 saturated carbocycles. The smallest absolute Gasteiger partial charge is 0.121 e. The molecule has 0 fully saturated rings. The van der Waals surface area contributed by atoms with Gasteiger partial charge in [0.05, 0.1) is 5.69 Å². The monoisotopic (exact) mass is 243 g/mol. The second-order valence-electron chi connectivity index (χ2n) is 5.81. The van der Waals surface area contributed by atoms with Crippen LogP contribution in [-0.4, -0.2) is 9.78 Å². The van der Waals surface area contributed by atoms with Gasteiger partial charge in [0, 0.05) is 19.5 Å². The molecule has 0 saturated heterocycles. The highest BCUT2D eigenvalue weighted by atomic mass is 15.3. The maximum Gasteiger partial charge on any atom is 0.121 e. The molecule has 0 aliphatic carbocycles. The highest BCUT2D eigenvalue weighted by molar-refractivity contribution is 5.34. The minimum absolute atomic E-state index is 0.202. The van der Waals surface area contributed by atoms with Crippen LogP contribution in [-0.2, 0) is 18.9 Å². The molecule has 3 heteroatoms. The zero-order valence-corrected chi connectivity index (χ0v) is 11.6. The van der Waals surface area contributed by atoms with Crippen LogP contribution in [0.25, 0.3) is 0 Å². The molecule has 0 aliphatic rings. The summed E-state index contributed by atoms with van der Waals surface area (Å²) >= 11 is 0. The van der Waals surface area contributed by atoms with Crippen molar-refractivity contribution in [1.29, 1.82) is 0 Å². The molecule has 0 aliphatic heterocycles. The Morgan fingerprint density at radius 2 is 1.78 bits per heavy atom. The summed E-state index contributed by atoms with van der Waals surface area (Å²) in [6, 6.07) is 10.7. The highest BCUT2D eigenvalue weighted by Crippen LogP contribution is 2.22. The van der Waals surface area contributed by atoms with Gasteiger partial charge >= 0.3 is 0 Å². The van der Waals surface area contributed by atoms with Gasteiger partial charge in [0.25, 0.3) is 0 Å². The second-order valence-corrected chi connectivity index (χ2v) is 5.81. The Hall–Kier alpha value is -1.77. The molecule has 2 rings (SSSR count). The number of aromatic nitrogens is 2. The topological polar surface area (TPSA) is 43.8 Å². The summed E-state index contributed by atoms with van der Waals surface area (Å²) in [5.74, 6) is 0.705. The first-order chi connectivity index (χ1) is 8.36. The van der Waals surface area contributed by atoms with Crippen LogP contribution in [0.1, 0.15) is 37.6 Å². The Labute approximate surface area is 109 Å². The fraction of sp³-hybridized carbons (Fsp3) is 0.400. The summed E-state index contributed by atoms with van der Waals surface area (Å²) < 4.78 is 1.71. The van der Waals surface area contributed by atoms with E-state index in [0.29, 0.717) is 5.82 Å². The van der Waals surface area contributed by atoms with Gasteiger partial charge < -0.3 is 5.73 Å². The lowest BCUT2D eigenvalue weighted by atomic mass is 9.86. The lowest BCUT2D eigenvalue weighted by Crippen LogP contribution is -2.10. The molecule has 1 heterocycles. The third-order valence-corrected chi connectivity index (χ3v) is 3.17. The maximum atomic E-state index is 5.78. The third-order valence-electron chi connectivity index (χ3n) is 3.17. The van der Waals surface area contributed by atoms with Crippen molar-refractivity contribution in [3.05, 3.63) is 47.2 Å². The molecular formula is C15H21N3. The van der Waals surface area contributed by atoms with Crippen molar-refractivity contribution in [2.45, 2.75) is 32.6 Å². The molecule has 18 heavy (non-hydrogen) atoms. The van der Waals surface area contributed by atoms with Gasteiger partial charge in [0.2, 0.25) is 0 Å². The molecule has 3 nitrogen and oxygen atoms in total. The van der Waals surface area contributed by atoms with Crippen LogP contribution in [0.3, 0.4) is 0 Å². The predicted molar refractivity (Wildman–Crippen MR) is 75.6 cm³/mol. The molecule has 96 valence electrons. The van der Waals surface area contributed by atoms with Crippen molar-refractivity contribution >= 4 is 5.82 Å². The molecular weight excluding hydrogens is 222 g/mol. The number of anilines is 1. The summed E-state index contributed by atoms with van der Waals surface area (Å²) in [6.45, 7) is 6.67. The van der Waals surface area contributed by atoms with Crippen molar-refractivity contribution in [2.75, 3.05) is 5.73 Å². The number of rotatable bonds is 2. The molecule has 0 radical (unpaired) electrons. The number of hydrogen-bond acceptors (Lipinski definition) is 2. The van der Waals surface area contributed by atoms with Crippen LogP contribution in [0.5, 0.6) is 0 Å². The summed E-state index contributed by atoms with van der Waals surface area (Å²) in [7, 11) is 1.86. The van der Waals surface area contributed by atoms with Crippen molar-refractivity contribution in [3.8, 4) is 0 Å². The van der Waals surface area contributed by atoms with Gasteiger partial charge in [-0.2, -0.15) is 5.10 Å². The van der Waals surface area contributed by atoms with E-state index in [1.165, 1.54) is 11.1 Å². The van der Waals surface area contributed by atoms with Crippen LogP contribution in [0, 0.1) is 0 Å². The van der Waals surface area contributed by atoms with Gasteiger partial charge in [-0.1, -0.05) is 45.0 Å². The summed E-state index contributed by atoms with van der Waals surface area (Å²) in [5, 5.41) is 4.37. The number of nitrogens with two attached hydrogens (primary N) is 1. The molecule has 1 aromatic heterocycles. The number of benzene rings is 1. The Morgan fingerprint density at radius 1 is 1.17 bits per heavy atom. The van der Waals surface area contributed by atoms with Crippen molar-refractivity contribution in [2.24, 2.45) is 7.05 Å². The molecule has 2 N–H and O–H groups in total. The van der Waals surface area contributed by atoms with E-state index in [2.05, 4.69) is 50.1 Å². The molecule has 0 amide bonds. The number of hydrogen-bond donors (Lipinski definition) is 1. The van der Waals surface area contributed by atoms with E-state index in [-0.39, 0.29) is 5.41 Å². The van der Waals surface area contributed by atoms with E-state index < -0.39 is 0 Å². The normalized spacial score (nSPS) is 11.8. The van der Waals surface area contributed by atoms with Gasteiger partial charge in [0.1, 0.15) is 5.82 Å². The lowest BCUT2D eigenvalue weighted by molar-refractivity contribution is 0.590. The highest BCUT2D eigenvalue weighted by Gasteiger charge is 2.13. The number of nitrogen functional groups attached to an aromatic ring is 1. The molecule has 2 aromatic rings. The van der Waals surface area contributed by atoms with E-state index in [1.807, 2.05) is 13.1 Å². The van der Waals surface area contributed by atoms with E-state index >= 15 is 0 Å². The van der Waals surface area contributed by atoms with Gasteiger partial charge in [0.15, 0.2) is 0 Å². The first kappa shape index (κ1) is 12.7. The Balaban J connectivity index is 2.16. The van der Waals surface area contributed by atoms with Crippen molar-refractivity contribution in [1.82, 2.24) is 9.78 Å². The summed E-state index contributed by atoms with van der Waals surface area (Å²) in [5.41, 5.74) is 9.61. The average Bonchev–Trinajstić information content (AvgIpc) is 2.57. The first-order valence-electron chi connectivity index (χ1n) is 6.24. The molecule has 0 spiro atoms. The first-order valence-corrected chi connectivity index (χ1v) is 6.24. The van der Waals surface area contributed by atoms with Crippen LogP contribution in [0.15, 0.2) is 30.3 Å². The minimum Gasteiger partial charge on any atom is -0.384 e. The Morgan fingerprint density at radius 3 is 2.22 bits per heavy atom. The quantitative estimate of drug-likeness (QED) is 0.881. The van der Waals surface area contributed by atoms with Crippen LogP contribution in [0.4, 0.5) is 5.82 Å². The van der Waals surface area contributed by atoms with Gasteiger partial charge in [-0.25, -0.2) is 0 Å². The van der Waals surface area contributed by atoms with E-state index in [1.54, 1.807) is 4.68 Å². The maximum absolute atomic E-state index is 5.78. The molecule has 0 bridgehead atoms. The number of nitrogens with zero attached hydrogens (tertiary/aromatic N) is 2. The zero-order chi connectivity index (χ0) is 13.3. The summed E-state index contributed by atoms with van der Waals surface area (Å²) in [4.78, 5) is 0. The zero-order valence-electron chi connectivity index (χ0n) is 11.6. The fourth-order valence-corrected chi connectivity index (χ4v) is 1.96. The van der Waals surface area contributed by atoms with E-state index in [0.717, 1.165) is 12.1 Å². The SMILES string of the molecule is Cn1nc(Cc2ccc(C(C)(C)C)cc2)cc1N. The largest absolute Gasteiger partial charge is 0.384 e. The third kappa shape index (κ3) is 2.73. The lowest BCUT2D eigenvalue weighted by Gasteiger charge is -2.19. The summed E-state index contributed by atoms with van der Waals surface area (Å²) in [6.07, 6.45) is 0.829. The van der Waals surface area contributed by atoms with Crippen LogP contribution < -0.4 is 5.73 Å². The number of aryl methyl sites for hydroxylation is 1. The molecule has 1 aromatic carbocycles. The van der Waals surface area contributed by atoms with Crippen LogP contribution >= 0.6 is 0 Å². The van der Waals surface area contributed by atoms with Gasteiger partial charge in [-0.3, -0.25) is 4.68 Å². The second kappa shape index (κ2) is 4.48. The van der Waals surface area contributed by atoms with Crippen molar-refractivity contribution < 1.29 is 0 Å². The molecule has 0 atom stereocenters. The van der Waals surface area contributed by atoms with Gasteiger partial charge in [-0.05, 0) is 16.5 Å². The van der Waals surface area contributed by atoms with Gasteiger partial charge in [-0.15, -0.1) is 0 Å². The Kier molecular flexibility index (Phi) is 3.16. The fourth-order valence-electron chi connectivity index (χ4n) is 1.96.